The summed E-state index contributed by atoms with van der Waals surface area (Å²) in [6.07, 6.45) is 0.320. The molecule has 30 heavy (non-hydrogen) atoms. The van der Waals surface area contributed by atoms with Crippen LogP contribution < -0.4 is 24.2 Å². The lowest BCUT2D eigenvalue weighted by molar-refractivity contribution is -0.115. The number of sulfonamides is 1. The van der Waals surface area contributed by atoms with E-state index in [4.69, 9.17) is 14.2 Å². The Hall–Kier alpha value is -3.05. The van der Waals surface area contributed by atoms with Crippen LogP contribution >= 0.6 is 11.3 Å². The third kappa shape index (κ3) is 4.41. The molecule has 0 aliphatic carbocycles. The zero-order chi connectivity index (χ0) is 21.9. The fraction of sp³-hybridized carbons (Fsp3) is 0.263. The molecule has 1 aromatic heterocycles. The SMILES string of the molecule is CCC(=O)Nc1nc2c(OC)cc(NS(=O)(=O)c3cc(OC)ccc3OC)cc2s1. The van der Waals surface area contributed by atoms with Gasteiger partial charge in [-0.1, -0.05) is 18.3 Å². The van der Waals surface area contributed by atoms with E-state index in [9.17, 15) is 13.2 Å². The molecule has 11 heteroatoms. The zero-order valence-corrected chi connectivity index (χ0v) is 18.4. The van der Waals surface area contributed by atoms with Crippen LogP contribution in [-0.4, -0.2) is 40.6 Å². The van der Waals surface area contributed by atoms with Crippen molar-refractivity contribution in [1.82, 2.24) is 4.98 Å². The maximum absolute atomic E-state index is 13.0. The van der Waals surface area contributed by atoms with E-state index < -0.39 is 10.0 Å². The van der Waals surface area contributed by atoms with Gasteiger partial charge < -0.3 is 19.5 Å². The Morgan fingerprint density at radius 3 is 2.43 bits per heavy atom. The van der Waals surface area contributed by atoms with Gasteiger partial charge in [0.25, 0.3) is 10.0 Å². The van der Waals surface area contributed by atoms with Crippen molar-refractivity contribution in [3.8, 4) is 17.2 Å². The molecule has 0 fully saturated rings. The second-order valence-electron chi connectivity index (χ2n) is 6.07. The molecular formula is C19H21N3O6S2. The minimum Gasteiger partial charge on any atom is -0.497 e. The number of methoxy groups -OCH3 is 3. The second kappa shape index (κ2) is 8.76. The largest absolute Gasteiger partial charge is 0.497 e. The maximum Gasteiger partial charge on any atom is 0.265 e. The number of nitrogens with one attached hydrogen (secondary N) is 2. The van der Waals surface area contributed by atoms with Gasteiger partial charge in [0.2, 0.25) is 5.91 Å². The summed E-state index contributed by atoms with van der Waals surface area (Å²) in [7, 11) is 0.301. The molecule has 3 aromatic rings. The van der Waals surface area contributed by atoms with Crippen LogP contribution in [0, 0.1) is 0 Å². The van der Waals surface area contributed by atoms with E-state index in [1.807, 2.05) is 0 Å². The van der Waals surface area contributed by atoms with Gasteiger partial charge >= 0.3 is 0 Å². The highest BCUT2D eigenvalue weighted by Gasteiger charge is 2.22. The van der Waals surface area contributed by atoms with Gasteiger partial charge in [-0.15, -0.1) is 0 Å². The predicted octanol–water partition coefficient (Wildman–Crippen LogP) is 3.47. The summed E-state index contributed by atoms with van der Waals surface area (Å²) in [5.41, 5.74) is 0.803. The lowest BCUT2D eigenvalue weighted by Crippen LogP contribution is -2.14. The molecule has 1 heterocycles. The van der Waals surface area contributed by atoms with Gasteiger partial charge in [0.15, 0.2) is 5.13 Å². The standard InChI is InChI=1S/C19H21N3O6S2/c1-5-17(23)20-19-21-18-14(28-4)8-11(9-15(18)29-19)22-30(24,25)16-10-12(26-2)6-7-13(16)27-3/h6-10,22H,5H2,1-4H3,(H,20,21,23). The molecule has 0 spiro atoms. The van der Waals surface area contributed by atoms with Crippen LogP contribution in [0.2, 0.25) is 0 Å². The van der Waals surface area contributed by atoms with Crippen molar-refractivity contribution >= 4 is 48.3 Å². The van der Waals surface area contributed by atoms with E-state index in [2.05, 4.69) is 15.0 Å². The van der Waals surface area contributed by atoms with E-state index in [0.29, 0.717) is 33.3 Å². The monoisotopic (exact) mass is 451 g/mol. The number of hydrogen-bond donors (Lipinski definition) is 2. The first-order valence-electron chi connectivity index (χ1n) is 8.84. The van der Waals surface area contributed by atoms with Crippen LogP contribution in [0.1, 0.15) is 13.3 Å². The molecule has 9 nitrogen and oxygen atoms in total. The number of nitrogens with zero attached hydrogens (tertiary/aromatic N) is 1. The van der Waals surface area contributed by atoms with Crippen molar-refractivity contribution in [2.75, 3.05) is 31.4 Å². The summed E-state index contributed by atoms with van der Waals surface area (Å²) in [4.78, 5) is 15.9. The van der Waals surface area contributed by atoms with Crippen LogP contribution in [0.15, 0.2) is 35.2 Å². The van der Waals surface area contributed by atoms with Gasteiger partial charge in [-0.05, 0) is 18.2 Å². The van der Waals surface area contributed by atoms with Gasteiger partial charge in [-0.3, -0.25) is 9.52 Å². The summed E-state index contributed by atoms with van der Waals surface area (Å²) >= 11 is 1.22. The van der Waals surface area contributed by atoms with Gasteiger partial charge in [0.05, 0.1) is 31.7 Å². The highest BCUT2D eigenvalue weighted by Crippen LogP contribution is 2.37. The number of benzene rings is 2. The summed E-state index contributed by atoms with van der Waals surface area (Å²) in [6, 6.07) is 7.65. The number of hydrogen-bond acceptors (Lipinski definition) is 8. The molecule has 160 valence electrons. The quantitative estimate of drug-likeness (QED) is 0.539. The average Bonchev–Trinajstić information content (AvgIpc) is 3.14. The fourth-order valence-corrected chi connectivity index (χ4v) is 4.84. The molecule has 0 radical (unpaired) electrons. The van der Waals surface area contributed by atoms with Crippen LogP contribution in [0.25, 0.3) is 10.2 Å². The average molecular weight is 452 g/mol. The van der Waals surface area contributed by atoms with E-state index in [1.165, 1.54) is 50.9 Å². The van der Waals surface area contributed by atoms with Gasteiger partial charge in [0, 0.05) is 18.6 Å². The molecule has 0 atom stereocenters. The summed E-state index contributed by atoms with van der Waals surface area (Å²) in [5.74, 6) is 0.761. The van der Waals surface area contributed by atoms with E-state index in [1.54, 1.807) is 19.1 Å². The number of anilines is 2. The summed E-state index contributed by atoms with van der Waals surface area (Å²) < 4.78 is 44.9. The molecule has 2 aromatic carbocycles. The Morgan fingerprint density at radius 2 is 1.80 bits per heavy atom. The molecular weight excluding hydrogens is 430 g/mol. The highest BCUT2D eigenvalue weighted by molar-refractivity contribution is 7.92. The summed E-state index contributed by atoms with van der Waals surface area (Å²) in [6.45, 7) is 1.74. The number of ether oxygens (including phenoxy) is 3. The van der Waals surface area contributed by atoms with E-state index in [0.717, 1.165) is 0 Å². The van der Waals surface area contributed by atoms with E-state index in [-0.39, 0.29) is 22.2 Å². The molecule has 3 rings (SSSR count). The summed E-state index contributed by atoms with van der Waals surface area (Å²) in [5, 5.41) is 3.10. The van der Waals surface area contributed by atoms with Crippen molar-refractivity contribution < 1.29 is 27.4 Å². The Bertz CT molecular complexity index is 1190. The minimum absolute atomic E-state index is 0.0661. The van der Waals surface area contributed by atoms with Crippen molar-refractivity contribution in [3.63, 3.8) is 0 Å². The third-order valence-corrected chi connectivity index (χ3v) is 6.48. The minimum atomic E-state index is -3.99. The Kier molecular flexibility index (Phi) is 6.32. The molecule has 1 amide bonds. The Morgan fingerprint density at radius 1 is 1.07 bits per heavy atom. The lowest BCUT2D eigenvalue weighted by atomic mass is 10.3. The van der Waals surface area contributed by atoms with Gasteiger partial charge in [-0.25, -0.2) is 13.4 Å². The lowest BCUT2D eigenvalue weighted by Gasteiger charge is -2.13. The van der Waals surface area contributed by atoms with Crippen LogP contribution in [-0.2, 0) is 14.8 Å². The molecule has 0 aliphatic heterocycles. The molecule has 0 saturated carbocycles. The Balaban J connectivity index is 2.01. The van der Waals surface area contributed by atoms with Crippen molar-refractivity contribution in [2.24, 2.45) is 0 Å². The van der Waals surface area contributed by atoms with Gasteiger partial charge in [0.1, 0.15) is 27.7 Å². The smallest absolute Gasteiger partial charge is 0.265 e. The van der Waals surface area contributed by atoms with Crippen LogP contribution in [0.3, 0.4) is 0 Å². The number of rotatable bonds is 8. The number of aromatic nitrogens is 1. The molecule has 0 unspecified atom stereocenters. The number of fused-ring (bicyclic) bond motifs is 1. The first-order valence-corrected chi connectivity index (χ1v) is 11.1. The zero-order valence-electron chi connectivity index (χ0n) is 16.8. The number of carbonyl (C=O) groups is 1. The van der Waals surface area contributed by atoms with E-state index >= 15 is 0 Å². The molecule has 2 N–H and O–H groups in total. The van der Waals surface area contributed by atoms with Crippen molar-refractivity contribution in [2.45, 2.75) is 18.2 Å². The second-order valence-corrected chi connectivity index (χ2v) is 8.75. The number of thiazole rings is 1. The molecule has 0 bridgehead atoms. The first kappa shape index (κ1) is 21.7. The molecule has 0 aliphatic rings. The molecule has 0 saturated heterocycles. The third-order valence-electron chi connectivity index (χ3n) is 4.16. The predicted molar refractivity (Wildman–Crippen MR) is 115 cm³/mol. The van der Waals surface area contributed by atoms with Gasteiger partial charge in [-0.2, -0.15) is 0 Å². The topological polar surface area (TPSA) is 116 Å². The highest BCUT2D eigenvalue weighted by atomic mass is 32.2. The first-order chi connectivity index (χ1) is 14.3. The van der Waals surface area contributed by atoms with Crippen LogP contribution in [0.5, 0.6) is 17.2 Å². The maximum atomic E-state index is 13.0. The number of carbonyl (C=O) groups excluding carboxylic acids is 1. The Labute approximate surface area is 178 Å². The van der Waals surface area contributed by atoms with Crippen LogP contribution in [0.4, 0.5) is 10.8 Å². The fourth-order valence-electron chi connectivity index (χ4n) is 2.68. The number of amides is 1. The van der Waals surface area contributed by atoms with Crippen molar-refractivity contribution in [1.29, 1.82) is 0 Å². The normalized spacial score (nSPS) is 11.2. The van der Waals surface area contributed by atoms with Crippen molar-refractivity contribution in [3.05, 3.63) is 30.3 Å².